The number of benzene rings is 2. The number of nitrogens with zero attached hydrogens (tertiary/aromatic N) is 2. The lowest BCUT2D eigenvalue weighted by Gasteiger charge is -2.32. The molecule has 2 aromatic carbocycles. The van der Waals surface area contributed by atoms with Gasteiger partial charge in [-0.25, -0.2) is 4.98 Å². The third-order valence-corrected chi connectivity index (χ3v) is 5.61. The molecule has 0 unspecified atom stereocenters. The van der Waals surface area contributed by atoms with Gasteiger partial charge in [-0.05, 0) is 29.2 Å². The average molecular weight is 351 g/mol. The molecule has 0 aliphatic carbocycles. The number of fused-ring (bicyclic) bond motifs is 1. The first kappa shape index (κ1) is 16.1. The molecule has 0 spiro atoms. The Morgan fingerprint density at radius 3 is 2.76 bits per heavy atom. The van der Waals surface area contributed by atoms with Crippen LogP contribution < -0.4 is 10.2 Å². The van der Waals surface area contributed by atoms with E-state index in [9.17, 15) is 4.79 Å². The molecule has 0 radical (unpaired) electrons. The number of hydrogen-bond acceptors (Lipinski definition) is 4. The second kappa shape index (κ2) is 7.23. The molecule has 25 heavy (non-hydrogen) atoms. The fourth-order valence-corrected chi connectivity index (χ4v) is 4.18. The van der Waals surface area contributed by atoms with Crippen LogP contribution in [0, 0.1) is 0 Å². The van der Waals surface area contributed by atoms with E-state index in [1.807, 2.05) is 35.8 Å². The number of carbonyl (C=O) groups is 1. The fraction of sp³-hybridized carbons (Fsp3) is 0.300. The van der Waals surface area contributed by atoms with E-state index in [1.165, 1.54) is 10.8 Å². The maximum Gasteiger partial charge on any atom is 0.224 e. The Kier molecular flexibility index (Phi) is 4.65. The van der Waals surface area contributed by atoms with Gasteiger partial charge in [0.15, 0.2) is 5.13 Å². The van der Waals surface area contributed by atoms with Crippen LogP contribution in [0.5, 0.6) is 0 Å². The summed E-state index contributed by atoms with van der Waals surface area (Å²) in [6.45, 7) is 1.90. The molecule has 1 amide bonds. The molecule has 4 nitrogen and oxygen atoms in total. The molecule has 1 fully saturated rings. The molecular weight excluding hydrogens is 330 g/mol. The summed E-state index contributed by atoms with van der Waals surface area (Å²) < 4.78 is 0. The first-order valence-electron chi connectivity index (χ1n) is 8.70. The van der Waals surface area contributed by atoms with Gasteiger partial charge in [0.1, 0.15) is 0 Å². The predicted octanol–water partition coefficient (Wildman–Crippen LogP) is 3.62. The van der Waals surface area contributed by atoms with Crippen molar-refractivity contribution in [1.82, 2.24) is 10.3 Å². The van der Waals surface area contributed by atoms with E-state index in [-0.39, 0.29) is 11.9 Å². The van der Waals surface area contributed by atoms with E-state index in [4.69, 9.17) is 0 Å². The van der Waals surface area contributed by atoms with E-state index < -0.39 is 0 Å². The van der Waals surface area contributed by atoms with Crippen molar-refractivity contribution in [2.45, 2.75) is 25.3 Å². The topological polar surface area (TPSA) is 45.2 Å². The largest absolute Gasteiger partial charge is 0.353 e. The van der Waals surface area contributed by atoms with Crippen LogP contribution >= 0.6 is 11.3 Å². The van der Waals surface area contributed by atoms with Crippen molar-refractivity contribution in [3.8, 4) is 0 Å². The molecule has 1 aromatic heterocycles. The highest BCUT2D eigenvalue weighted by Gasteiger charge is 2.22. The van der Waals surface area contributed by atoms with Crippen molar-refractivity contribution in [3.05, 3.63) is 59.6 Å². The summed E-state index contributed by atoms with van der Waals surface area (Å²) in [6, 6.07) is 14.7. The lowest BCUT2D eigenvalue weighted by atomic mass is 10.0. The van der Waals surface area contributed by atoms with Crippen molar-refractivity contribution in [1.29, 1.82) is 0 Å². The summed E-state index contributed by atoms with van der Waals surface area (Å²) in [5, 5.41) is 8.66. The molecule has 1 aliphatic rings. The number of rotatable bonds is 4. The number of carbonyl (C=O) groups excluding carboxylic acids is 1. The zero-order chi connectivity index (χ0) is 17.1. The summed E-state index contributed by atoms with van der Waals surface area (Å²) in [5.41, 5.74) is 1.09. The summed E-state index contributed by atoms with van der Waals surface area (Å²) in [4.78, 5) is 19.2. The van der Waals surface area contributed by atoms with Crippen LogP contribution in [0.2, 0.25) is 0 Å². The SMILES string of the molecule is O=C(Cc1cccc2ccccc12)NC1CCN(c2nccs2)CC1. The quantitative estimate of drug-likeness (QED) is 0.781. The fourth-order valence-electron chi connectivity index (χ4n) is 3.49. The van der Waals surface area contributed by atoms with Crippen LogP contribution in [0.15, 0.2) is 54.0 Å². The lowest BCUT2D eigenvalue weighted by molar-refractivity contribution is -0.121. The number of hydrogen-bond donors (Lipinski definition) is 1. The molecule has 2 heterocycles. The zero-order valence-corrected chi connectivity index (χ0v) is 14.8. The number of anilines is 1. The van der Waals surface area contributed by atoms with Gasteiger partial charge < -0.3 is 10.2 Å². The van der Waals surface area contributed by atoms with Crippen LogP contribution in [0.4, 0.5) is 5.13 Å². The second-order valence-corrected chi connectivity index (χ2v) is 7.33. The van der Waals surface area contributed by atoms with E-state index in [1.54, 1.807) is 11.3 Å². The van der Waals surface area contributed by atoms with Crippen molar-refractivity contribution < 1.29 is 4.79 Å². The smallest absolute Gasteiger partial charge is 0.224 e. The van der Waals surface area contributed by atoms with Gasteiger partial charge in [-0.3, -0.25) is 4.79 Å². The van der Waals surface area contributed by atoms with Gasteiger partial charge in [-0.1, -0.05) is 42.5 Å². The van der Waals surface area contributed by atoms with Crippen LogP contribution in [0.25, 0.3) is 10.8 Å². The normalized spacial score (nSPS) is 15.4. The van der Waals surface area contributed by atoms with E-state index >= 15 is 0 Å². The Morgan fingerprint density at radius 2 is 1.96 bits per heavy atom. The van der Waals surface area contributed by atoms with Crippen LogP contribution in [0.1, 0.15) is 18.4 Å². The van der Waals surface area contributed by atoms with E-state index in [2.05, 4.69) is 33.4 Å². The molecule has 128 valence electrons. The summed E-state index contributed by atoms with van der Waals surface area (Å²) in [6.07, 6.45) is 4.23. The zero-order valence-electron chi connectivity index (χ0n) is 14.0. The van der Waals surface area contributed by atoms with E-state index in [0.29, 0.717) is 6.42 Å². The number of thiazole rings is 1. The monoisotopic (exact) mass is 351 g/mol. The van der Waals surface area contributed by atoms with Gasteiger partial charge in [0, 0.05) is 30.7 Å². The number of piperidine rings is 1. The van der Waals surface area contributed by atoms with Crippen LogP contribution in [-0.4, -0.2) is 30.0 Å². The number of nitrogens with one attached hydrogen (secondary N) is 1. The molecule has 4 rings (SSSR count). The minimum Gasteiger partial charge on any atom is -0.353 e. The highest BCUT2D eigenvalue weighted by Crippen LogP contribution is 2.22. The van der Waals surface area contributed by atoms with E-state index in [0.717, 1.165) is 36.6 Å². The molecule has 1 saturated heterocycles. The third kappa shape index (κ3) is 3.66. The number of amides is 1. The Labute approximate surface area is 151 Å². The first-order valence-corrected chi connectivity index (χ1v) is 9.58. The molecule has 0 saturated carbocycles. The number of aromatic nitrogens is 1. The Morgan fingerprint density at radius 1 is 1.16 bits per heavy atom. The molecule has 0 atom stereocenters. The summed E-state index contributed by atoms with van der Waals surface area (Å²) in [7, 11) is 0. The average Bonchev–Trinajstić information content (AvgIpc) is 3.17. The molecule has 3 aromatic rings. The van der Waals surface area contributed by atoms with Crippen LogP contribution in [-0.2, 0) is 11.2 Å². The molecule has 0 bridgehead atoms. The Bertz CT molecular complexity index is 849. The molecule has 1 aliphatic heterocycles. The van der Waals surface area contributed by atoms with Crippen molar-refractivity contribution in [2.75, 3.05) is 18.0 Å². The summed E-state index contributed by atoms with van der Waals surface area (Å²) >= 11 is 1.67. The minimum absolute atomic E-state index is 0.115. The van der Waals surface area contributed by atoms with Crippen molar-refractivity contribution in [2.24, 2.45) is 0 Å². The minimum atomic E-state index is 0.115. The van der Waals surface area contributed by atoms with Gasteiger partial charge in [0.25, 0.3) is 0 Å². The van der Waals surface area contributed by atoms with Gasteiger partial charge >= 0.3 is 0 Å². The first-order chi connectivity index (χ1) is 12.3. The van der Waals surface area contributed by atoms with Gasteiger partial charge in [0.2, 0.25) is 5.91 Å². The predicted molar refractivity (Wildman–Crippen MR) is 103 cm³/mol. The van der Waals surface area contributed by atoms with Crippen LogP contribution in [0.3, 0.4) is 0 Å². The van der Waals surface area contributed by atoms with Gasteiger partial charge in [-0.15, -0.1) is 11.3 Å². The standard InChI is InChI=1S/C20H21N3OS/c24-19(14-16-6-3-5-15-4-1-2-7-18(15)16)22-17-8-11-23(12-9-17)20-21-10-13-25-20/h1-7,10,13,17H,8-9,11-12,14H2,(H,22,24). The third-order valence-electron chi connectivity index (χ3n) is 4.78. The van der Waals surface area contributed by atoms with Gasteiger partial charge in [0.05, 0.1) is 6.42 Å². The van der Waals surface area contributed by atoms with Crippen molar-refractivity contribution >= 4 is 33.1 Å². The highest BCUT2D eigenvalue weighted by atomic mass is 32.1. The highest BCUT2D eigenvalue weighted by molar-refractivity contribution is 7.13. The lowest BCUT2D eigenvalue weighted by Crippen LogP contribution is -2.45. The molecule has 1 N–H and O–H groups in total. The molecule has 5 heteroatoms. The summed E-state index contributed by atoms with van der Waals surface area (Å²) in [5.74, 6) is 0.115. The van der Waals surface area contributed by atoms with Crippen molar-refractivity contribution in [3.63, 3.8) is 0 Å². The Balaban J connectivity index is 1.35. The maximum atomic E-state index is 12.5. The molecular formula is C20H21N3OS. The Hall–Kier alpha value is -2.40. The van der Waals surface area contributed by atoms with Gasteiger partial charge in [-0.2, -0.15) is 0 Å². The second-order valence-electron chi connectivity index (χ2n) is 6.46. The maximum absolute atomic E-state index is 12.5.